The van der Waals surface area contributed by atoms with E-state index in [9.17, 15) is 14.4 Å². The van der Waals surface area contributed by atoms with E-state index in [1.165, 1.54) is 11.3 Å². The number of rotatable bonds is 9. The van der Waals surface area contributed by atoms with Gasteiger partial charge in [-0.05, 0) is 40.6 Å². The number of hydrogen-bond acceptors (Lipinski definition) is 5. The number of hydrogen-bond donors (Lipinski definition) is 3. The van der Waals surface area contributed by atoms with E-state index < -0.39 is 24.1 Å². The Labute approximate surface area is 201 Å². The Morgan fingerprint density at radius 1 is 0.941 bits per heavy atom. The highest BCUT2D eigenvalue weighted by Crippen LogP contribution is 2.44. The summed E-state index contributed by atoms with van der Waals surface area (Å²) in [4.78, 5) is 36.8. The summed E-state index contributed by atoms with van der Waals surface area (Å²) in [5, 5.41) is 16.4. The SMILES string of the molecule is CC(CC(=O)NC(CC(=O)O)c1cccs1)NC(=O)OCC1c2ccccc2-c2ccccc21. The highest BCUT2D eigenvalue weighted by atomic mass is 32.1. The summed E-state index contributed by atoms with van der Waals surface area (Å²) >= 11 is 1.39. The molecule has 2 unspecified atom stereocenters. The molecule has 2 aromatic carbocycles. The maximum Gasteiger partial charge on any atom is 0.407 e. The van der Waals surface area contributed by atoms with Crippen molar-refractivity contribution in [2.45, 2.75) is 37.8 Å². The van der Waals surface area contributed by atoms with Crippen LogP contribution in [-0.4, -0.2) is 35.7 Å². The van der Waals surface area contributed by atoms with Crippen molar-refractivity contribution in [1.82, 2.24) is 10.6 Å². The number of aliphatic carboxylic acids is 1. The first-order valence-electron chi connectivity index (χ1n) is 11.1. The van der Waals surface area contributed by atoms with E-state index in [0.29, 0.717) is 0 Å². The van der Waals surface area contributed by atoms with Gasteiger partial charge in [0.1, 0.15) is 6.61 Å². The zero-order valence-electron chi connectivity index (χ0n) is 18.7. The smallest absolute Gasteiger partial charge is 0.407 e. The quantitative estimate of drug-likeness (QED) is 0.414. The molecule has 7 nitrogen and oxygen atoms in total. The van der Waals surface area contributed by atoms with Crippen LogP contribution in [0.3, 0.4) is 0 Å². The highest BCUT2D eigenvalue weighted by Gasteiger charge is 2.29. The molecular weight excluding hydrogens is 452 g/mol. The van der Waals surface area contributed by atoms with Gasteiger partial charge in [-0.3, -0.25) is 9.59 Å². The van der Waals surface area contributed by atoms with Gasteiger partial charge in [-0.25, -0.2) is 4.79 Å². The lowest BCUT2D eigenvalue weighted by molar-refractivity contribution is -0.137. The number of amides is 2. The molecule has 2 atom stereocenters. The van der Waals surface area contributed by atoms with Crippen LogP contribution in [-0.2, 0) is 14.3 Å². The molecule has 3 aromatic rings. The number of fused-ring (bicyclic) bond motifs is 3. The van der Waals surface area contributed by atoms with Crippen molar-refractivity contribution in [3.8, 4) is 11.1 Å². The van der Waals surface area contributed by atoms with Gasteiger partial charge in [0.25, 0.3) is 0 Å². The lowest BCUT2D eigenvalue weighted by Crippen LogP contribution is -2.39. The summed E-state index contributed by atoms with van der Waals surface area (Å²) in [6, 6.07) is 18.7. The van der Waals surface area contributed by atoms with Crippen molar-refractivity contribution in [1.29, 1.82) is 0 Å². The Kier molecular flexibility index (Phi) is 7.27. The third-order valence-electron chi connectivity index (χ3n) is 5.80. The molecule has 0 bridgehead atoms. The molecule has 0 saturated carbocycles. The van der Waals surface area contributed by atoms with Gasteiger partial charge in [-0.1, -0.05) is 54.6 Å². The van der Waals surface area contributed by atoms with Gasteiger partial charge in [0.2, 0.25) is 5.91 Å². The molecule has 1 aliphatic carbocycles. The lowest BCUT2D eigenvalue weighted by Gasteiger charge is -2.19. The van der Waals surface area contributed by atoms with Crippen LogP contribution in [0, 0.1) is 0 Å². The van der Waals surface area contributed by atoms with Crippen molar-refractivity contribution >= 4 is 29.3 Å². The molecule has 0 aliphatic heterocycles. The summed E-state index contributed by atoms with van der Waals surface area (Å²) in [6.45, 7) is 1.90. The van der Waals surface area contributed by atoms with Crippen molar-refractivity contribution in [3.63, 3.8) is 0 Å². The molecule has 1 heterocycles. The fourth-order valence-electron chi connectivity index (χ4n) is 4.31. The van der Waals surface area contributed by atoms with Gasteiger partial charge >= 0.3 is 12.1 Å². The molecular formula is C26H26N2O5S. The topological polar surface area (TPSA) is 105 Å². The maximum atomic E-state index is 12.5. The molecule has 1 aromatic heterocycles. The molecule has 0 saturated heterocycles. The number of nitrogens with one attached hydrogen (secondary N) is 2. The van der Waals surface area contributed by atoms with Crippen molar-refractivity contribution in [2.24, 2.45) is 0 Å². The van der Waals surface area contributed by atoms with Crippen molar-refractivity contribution < 1.29 is 24.2 Å². The van der Waals surface area contributed by atoms with Crippen LogP contribution in [0.5, 0.6) is 0 Å². The third kappa shape index (κ3) is 5.46. The predicted molar refractivity (Wildman–Crippen MR) is 130 cm³/mol. The number of thiophene rings is 1. The molecule has 34 heavy (non-hydrogen) atoms. The molecule has 176 valence electrons. The van der Waals surface area contributed by atoms with E-state index in [2.05, 4.69) is 34.9 Å². The van der Waals surface area contributed by atoms with Crippen LogP contribution in [0.4, 0.5) is 4.79 Å². The van der Waals surface area contributed by atoms with Crippen LogP contribution in [0.1, 0.15) is 47.7 Å². The minimum Gasteiger partial charge on any atom is -0.481 e. The molecule has 1 aliphatic rings. The Morgan fingerprint density at radius 2 is 1.59 bits per heavy atom. The maximum absolute atomic E-state index is 12.5. The largest absolute Gasteiger partial charge is 0.481 e. The highest BCUT2D eigenvalue weighted by molar-refractivity contribution is 7.10. The number of alkyl carbamates (subject to hydrolysis) is 1. The van der Waals surface area contributed by atoms with Crippen LogP contribution in [0.15, 0.2) is 66.0 Å². The van der Waals surface area contributed by atoms with E-state index in [1.807, 2.05) is 35.7 Å². The van der Waals surface area contributed by atoms with E-state index >= 15 is 0 Å². The average molecular weight is 479 g/mol. The average Bonchev–Trinajstić information content (AvgIpc) is 3.44. The minimum atomic E-state index is -0.997. The molecule has 0 spiro atoms. The van der Waals surface area contributed by atoms with E-state index in [-0.39, 0.29) is 31.3 Å². The van der Waals surface area contributed by atoms with Gasteiger partial charge in [0.15, 0.2) is 0 Å². The summed E-state index contributed by atoms with van der Waals surface area (Å²) in [6.07, 6.45) is -0.797. The number of carbonyl (C=O) groups is 3. The normalized spacial score (nSPS) is 13.9. The lowest BCUT2D eigenvalue weighted by atomic mass is 9.98. The number of carbonyl (C=O) groups excluding carboxylic acids is 2. The van der Waals surface area contributed by atoms with Crippen LogP contribution in [0.25, 0.3) is 11.1 Å². The molecule has 4 rings (SSSR count). The zero-order chi connectivity index (χ0) is 24.1. The van der Waals surface area contributed by atoms with Gasteiger partial charge in [0, 0.05) is 23.3 Å². The summed E-state index contributed by atoms with van der Waals surface area (Å²) in [7, 11) is 0. The van der Waals surface area contributed by atoms with E-state index in [4.69, 9.17) is 9.84 Å². The molecule has 0 radical (unpaired) electrons. The van der Waals surface area contributed by atoms with Crippen LogP contribution in [0.2, 0.25) is 0 Å². The predicted octanol–water partition coefficient (Wildman–Crippen LogP) is 4.70. The number of carboxylic acid groups (broad SMARTS) is 1. The Balaban J connectivity index is 1.30. The van der Waals surface area contributed by atoms with Crippen molar-refractivity contribution in [3.05, 3.63) is 82.0 Å². The summed E-state index contributed by atoms with van der Waals surface area (Å²) in [5.74, 6) is -1.38. The summed E-state index contributed by atoms with van der Waals surface area (Å²) in [5.41, 5.74) is 4.56. The number of ether oxygens (including phenoxy) is 1. The first-order chi connectivity index (χ1) is 16.4. The Hall–Kier alpha value is -3.65. The fraction of sp³-hybridized carbons (Fsp3) is 0.269. The second-order valence-corrected chi connectivity index (χ2v) is 9.29. The van der Waals surface area contributed by atoms with E-state index in [0.717, 1.165) is 27.1 Å². The Bertz CT molecular complexity index is 1130. The second-order valence-electron chi connectivity index (χ2n) is 8.31. The first-order valence-corrected chi connectivity index (χ1v) is 12.0. The minimum absolute atomic E-state index is 0.00564. The molecule has 3 N–H and O–H groups in total. The molecule has 8 heteroatoms. The number of benzene rings is 2. The molecule has 0 fully saturated rings. The monoisotopic (exact) mass is 478 g/mol. The standard InChI is InChI=1S/C26H26N2O5S/c1-16(13-24(29)28-22(14-25(30)31)23-11-6-12-34-23)27-26(32)33-15-21-19-9-4-2-7-17(19)18-8-3-5-10-20(18)21/h2-12,16,21-22H,13-15H2,1H3,(H,27,32)(H,28,29)(H,30,31). The molecule has 2 amide bonds. The second kappa shape index (κ2) is 10.5. The van der Waals surface area contributed by atoms with Gasteiger partial charge in [-0.15, -0.1) is 11.3 Å². The van der Waals surface area contributed by atoms with Gasteiger partial charge in [0.05, 0.1) is 12.5 Å². The van der Waals surface area contributed by atoms with Gasteiger partial charge < -0.3 is 20.5 Å². The summed E-state index contributed by atoms with van der Waals surface area (Å²) < 4.78 is 5.53. The van der Waals surface area contributed by atoms with Crippen LogP contribution < -0.4 is 10.6 Å². The zero-order valence-corrected chi connectivity index (χ0v) is 19.5. The van der Waals surface area contributed by atoms with Crippen LogP contribution >= 0.6 is 11.3 Å². The Morgan fingerprint density at radius 3 is 2.18 bits per heavy atom. The van der Waals surface area contributed by atoms with E-state index in [1.54, 1.807) is 13.0 Å². The third-order valence-corrected chi connectivity index (χ3v) is 6.79. The number of carboxylic acids is 1. The van der Waals surface area contributed by atoms with Crippen molar-refractivity contribution in [2.75, 3.05) is 6.61 Å². The van der Waals surface area contributed by atoms with Gasteiger partial charge in [-0.2, -0.15) is 0 Å². The fourth-order valence-corrected chi connectivity index (χ4v) is 5.09. The first kappa shape index (κ1) is 23.5.